The Kier molecular flexibility index (Phi) is 6.36. The van der Waals surface area contributed by atoms with Gasteiger partial charge in [-0.05, 0) is 36.1 Å². The fourth-order valence-electron chi connectivity index (χ4n) is 2.99. The van der Waals surface area contributed by atoms with Gasteiger partial charge < -0.3 is 5.32 Å². The third-order valence-corrected chi connectivity index (χ3v) is 5.85. The Balaban J connectivity index is 1.73. The van der Waals surface area contributed by atoms with Gasteiger partial charge in [-0.25, -0.2) is 13.4 Å². The van der Waals surface area contributed by atoms with Crippen LogP contribution >= 0.6 is 0 Å². The molecule has 0 amide bonds. The summed E-state index contributed by atoms with van der Waals surface area (Å²) >= 11 is 0. The summed E-state index contributed by atoms with van der Waals surface area (Å²) in [5.41, 5.74) is 4.06. The van der Waals surface area contributed by atoms with Crippen LogP contribution in [0.4, 0.5) is 11.6 Å². The van der Waals surface area contributed by atoms with Gasteiger partial charge in [0.1, 0.15) is 0 Å². The molecule has 3 rings (SSSR count). The van der Waals surface area contributed by atoms with Crippen LogP contribution in [0.5, 0.6) is 0 Å². The Morgan fingerprint density at radius 1 is 0.821 bits per heavy atom. The summed E-state index contributed by atoms with van der Waals surface area (Å²) in [5.74, 6) is 0.417. The van der Waals surface area contributed by atoms with E-state index in [1.54, 1.807) is 0 Å². The second-order valence-corrected chi connectivity index (χ2v) is 8.64. The van der Waals surface area contributed by atoms with Crippen LogP contribution in [0.2, 0.25) is 0 Å². The SMILES string of the molecule is CCc1nnc(Nc2cccc(CS(=O)(=O)Cc3ccccc3)c2)nc1CC. The highest BCUT2D eigenvalue weighted by Gasteiger charge is 2.14. The summed E-state index contributed by atoms with van der Waals surface area (Å²) in [6, 6.07) is 16.5. The molecule has 28 heavy (non-hydrogen) atoms. The van der Waals surface area contributed by atoms with E-state index in [4.69, 9.17) is 0 Å². The summed E-state index contributed by atoms with van der Waals surface area (Å²) in [6.45, 7) is 4.06. The lowest BCUT2D eigenvalue weighted by Crippen LogP contribution is -2.08. The maximum atomic E-state index is 12.5. The summed E-state index contributed by atoms with van der Waals surface area (Å²) in [7, 11) is -3.27. The first-order valence-electron chi connectivity index (χ1n) is 9.32. The summed E-state index contributed by atoms with van der Waals surface area (Å²) < 4.78 is 25.1. The fourth-order valence-corrected chi connectivity index (χ4v) is 4.48. The van der Waals surface area contributed by atoms with E-state index in [2.05, 4.69) is 20.5 Å². The van der Waals surface area contributed by atoms with Gasteiger partial charge in [0.05, 0.1) is 22.9 Å². The second-order valence-electron chi connectivity index (χ2n) is 6.58. The highest BCUT2D eigenvalue weighted by Crippen LogP contribution is 2.19. The number of hydrogen-bond acceptors (Lipinski definition) is 6. The average molecular weight is 397 g/mol. The fraction of sp³-hybridized carbons (Fsp3) is 0.286. The summed E-state index contributed by atoms with van der Waals surface area (Å²) in [4.78, 5) is 4.51. The molecule has 6 nitrogen and oxygen atoms in total. The van der Waals surface area contributed by atoms with Crippen LogP contribution in [0.25, 0.3) is 0 Å². The van der Waals surface area contributed by atoms with Gasteiger partial charge in [-0.1, -0.05) is 56.3 Å². The molecule has 0 spiro atoms. The zero-order chi connectivity index (χ0) is 20.0. The molecule has 1 aromatic heterocycles. The van der Waals surface area contributed by atoms with E-state index < -0.39 is 9.84 Å². The Morgan fingerprint density at radius 3 is 2.21 bits per heavy atom. The van der Waals surface area contributed by atoms with Crippen molar-refractivity contribution in [3.05, 3.63) is 77.1 Å². The monoisotopic (exact) mass is 396 g/mol. The molecule has 0 aliphatic rings. The standard InChI is InChI=1S/C21H24N4O2S/c1-3-19-20(4-2)24-25-21(23-19)22-18-12-8-11-17(13-18)15-28(26,27)14-16-9-6-5-7-10-16/h5-13H,3-4,14-15H2,1-2H3,(H,22,23,25). The number of nitrogens with one attached hydrogen (secondary N) is 1. The molecule has 0 saturated carbocycles. The van der Waals surface area contributed by atoms with Crippen LogP contribution in [0.3, 0.4) is 0 Å². The van der Waals surface area contributed by atoms with E-state index >= 15 is 0 Å². The normalized spacial score (nSPS) is 11.4. The Morgan fingerprint density at radius 2 is 1.50 bits per heavy atom. The van der Waals surface area contributed by atoms with E-state index in [1.807, 2.05) is 68.4 Å². The van der Waals surface area contributed by atoms with Gasteiger partial charge in [0.15, 0.2) is 9.84 Å². The van der Waals surface area contributed by atoms with E-state index in [1.165, 1.54) is 0 Å². The zero-order valence-corrected chi connectivity index (χ0v) is 16.9. The van der Waals surface area contributed by atoms with Gasteiger partial charge in [0.2, 0.25) is 5.95 Å². The minimum Gasteiger partial charge on any atom is -0.323 e. The molecule has 0 aliphatic carbocycles. The van der Waals surface area contributed by atoms with Crippen molar-refractivity contribution in [1.29, 1.82) is 0 Å². The first-order valence-corrected chi connectivity index (χ1v) is 11.1. The smallest absolute Gasteiger partial charge is 0.247 e. The van der Waals surface area contributed by atoms with Crippen LogP contribution in [0.15, 0.2) is 54.6 Å². The van der Waals surface area contributed by atoms with Gasteiger partial charge in [-0.2, -0.15) is 0 Å². The molecule has 146 valence electrons. The highest BCUT2D eigenvalue weighted by atomic mass is 32.2. The number of hydrogen-bond donors (Lipinski definition) is 1. The van der Waals surface area contributed by atoms with Crippen LogP contribution in [-0.4, -0.2) is 23.6 Å². The van der Waals surface area contributed by atoms with E-state index in [9.17, 15) is 8.42 Å². The van der Waals surface area contributed by atoms with E-state index in [-0.39, 0.29) is 11.5 Å². The van der Waals surface area contributed by atoms with Crippen molar-refractivity contribution in [3.8, 4) is 0 Å². The molecule has 1 N–H and O–H groups in total. The third-order valence-electron chi connectivity index (χ3n) is 4.31. The first-order chi connectivity index (χ1) is 13.5. The Bertz CT molecular complexity index is 1040. The molecule has 3 aromatic rings. The minimum absolute atomic E-state index is 0.0223. The van der Waals surface area contributed by atoms with Crippen molar-refractivity contribution in [2.45, 2.75) is 38.2 Å². The molecular weight excluding hydrogens is 372 g/mol. The summed E-state index contributed by atoms with van der Waals surface area (Å²) in [6.07, 6.45) is 1.57. The van der Waals surface area contributed by atoms with Gasteiger partial charge in [-0.3, -0.25) is 0 Å². The molecule has 1 heterocycles. The lowest BCUT2D eigenvalue weighted by atomic mass is 10.2. The van der Waals surface area contributed by atoms with Gasteiger partial charge >= 0.3 is 0 Å². The predicted octanol–water partition coefficient (Wildman–Crippen LogP) is 3.86. The second kappa shape index (κ2) is 8.93. The van der Waals surface area contributed by atoms with Crippen LogP contribution in [-0.2, 0) is 34.2 Å². The number of anilines is 2. The minimum atomic E-state index is -3.27. The van der Waals surface area contributed by atoms with Crippen LogP contribution in [0.1, 0.15) is 36.4 Å². The quantitative estimate of drug-likeness (QED) is 0.622. The van der Waals surface area contributed by atoms with Crippen LogP contribution in [0, 0.1) is 0 Å². The zero-order valence-electron chi connectivity index (χ0n) is 16.1. The molecule has 0 fully saturated rings. The maximum Gasteiger partial charge on any atom is 0.247 e. The number of benzene rings is 2. The first kappa shape index (κ1) is 19.9. The topological polar surface area (TPSA) is 84.8 Å². The van der Waals surface area contributed by atoms with Crippen molar-refractivity contribution in [1.82, 2.24) is 15.2 Å². The maximum absolute atomic E-state index is 12.5. The van der Waals surface area contributed by atoms with Gasteiger partial charge in [-0.15, -0.1) is 10.2 Å². The number of aromatic nitrogens is 3. The molecule has 7 heteroatoms. The van der Waals surface area contributed by atoms with Gasteiger partial charge in [0, 0.05) is 5.69 Å². The van der Waals surface area contributed by atoms with Crippen molar-refractivity contribution in [2.24, 2.45) is 0 Å². The lowest BCUT2D eigenvalue weighted by molar-refractivity contribution is 0.594. The Labute approximate surface area is 166 Å². The molecule has 0 radical (unpaired) electrons. The lowest BCUT2D eigenvalue weighted by Gasteiger charge is -2.10. The number of nitrogens with zero attached hydrogens (tertiary/aromatic N) is 3. The number of aryl methyl sites for hydroxylation is 2. The third kappa shape index (κ3) is 5.36. The molecule has 0 unspecified atom stereocenters. The molecule has 0 saturated heterocycles. The van der Waals surface area contributed by atoms with Crippen molar-refractivity contribution in [3.63, 3.8) is 0 Å². The predicted molar refractivity (Wildman–Crippen MR) is 111 cm³/mol. The largest absolute Gasteiger partial charge is 0.323 e. The highest BCUT2D eigenvalue weighted by molar-refractivity contribution is 7.89. The average Bonchev–Trinajstić information content (AvgIpc) is 2.68. The molecule has 2 aromatic carbocycles. The van der Waals surface area contributed by atoms with Gasteiger partial charge in [0.25, 0.3) is 0 Å². The molecular formula is C21H24N4O2S. The Hall–Kier alpha value is -2.80. The van der Waals surface area contributed by atoms with Crippen molar-refractivity contribution in [2.75, 3.05) is 5.32 Å². The molecule has 0 bridgehead atoms. The van der Waals surface area contributed by atoms with E-state index in [0.717, 1.165) is 41.0 Å². The van der Waals surface area contributed by atoms with Crippen LogP contribution < -0.4 is 5.32 Å². The van der Waals surface area contributed by atoms with E-state index in [0.29, 0.717) is 5.95 Å². The number of rotatable bonds is 8. The molecule has 0 aliphatic heterocycles. The number of sulfone groups is 1. The molecule has 0 atom stereocenters. The summed E-state index contributed by atoms with van der Waals surface area (Å²) in [5, 5.41) is 11.5. The van der Waals surface area contributed by atoms with Crippen molar-refractivity contribution >= 4 is 21.5 Å². The van der Waals surface area contributed by atoms with Crippen molar-refractivity contribution < 1.29 is 8.42 Å².